The summed E-state index contributed by atoms with van der Waals surface area (Å²) in [6.07, 6.45) is 1.46. The van der Waals surface area contributed by atoms with Gasteiger partial charge in [-0.25, -0.2) is 5.43 Å². The van der Waals surface area contributed by atoms with E-state index in [1.807, 2.05) is 4.90 Å². The van der Waals surface area contributed by atoms with Crippen LogP contribution in [0.4, 0.5) is 23.3 Å². The number of hydrogen-bond donors (Lipinski definition) is 1. The summed E-state index contributed by atoms with van der Waals surface area (Å²) in [5.74, 6) is 0.665. The lowest BCUT2D eigenvalue weighted by molar-refractivity contribution is -0.384. The highest BCUT2D eigenvalue weighted by atomic mass is 16.6. The molecule has 29 heavy (non-hydrogen) atoms. The first-order chi connectivity index (χ1) is 14.0. The molecule has 0 spiro atoms. The van der Waals surface area contributed by atoms with Crippen LogP contribution >= 0.6 is 0 Å². The van der Waals surface area contributed by atoms with E-state index in [0.29, 0.717) is 43.5 Å². The number of hydrazone groups is 1. The smallest absolute Gasteiger partial charge is 0.322 e. The van der Waals surface area contributed by atoms with E-state index in [1.54, 1.807) is 31.1 Å². The van der Waals surface area contributed by atoms with Crippen molar-refractivity contribution in [3.63, 3.8) is 0 Å². The Balaban J connectivity index is 1.77. The van der Waals surface area contributed by atoms with Crippen molar-refractivity contribution in [2.75, 3.05) is 62.7 Å². The van der Waals surface area contributed by atoms with E-state index in [-0.39, 0.29) is 17.6 Å². The molecule has 1 aromatic heterocycles. The van der Waals surface area contributed by atoms with Crippen molar-refractivity contribution < 1.29 is 14.4 Å². The SMILES string of the molecule is COc1nc(N/N=C/c2ccc(N(C)C)c([N+](=O)[O-])c2)nc(N2CCOCC2)n1. The third-order valence-electron chi connectivity index (χ3n) is 4.14. The lowest BCUT2D eigenvalue weighted by Gasteiger charge is -2.26. The van der Waals surface area contributed by atoms with Crippen LogP contribution in [0, 0.1) is 10.1 Å². The molecule has 0 radical (unpaired) electrons. The summed E-state index contributed by atoms with van der Waals surface area (Å²) in [5, 5.41) is 15.4. The summed E-state index contributed by atoms with van der Waals surface area (Å²) >= 11 is 0. The summed E-state index contributed by atoms with van der Waals surface area (Å²) in [7, 11) is 4.96. The maximum absolute atomic E-state index is 11.3. The zero-order valence-electron chi connectivity index (χ0n) is 16.4. The van der Waals surface area contributed by atoms with E-state index >= 15 is 0 Å². The van der Waals surface area contributed by atoms with Crippen LogP contribution in [0.1, 0.15) is 5.56 Å². The van der Waals surface area contributed by atoms with Gasteiger partial charge in [0.1, 0.15) is 5.69 Å². The first-order valence-corrected chi connectivity index (χ1v) is 8.85. The Morgan fingerprint density at radius 2 is 2.07 bits per heavy atom. The predicted octanol–water partition coefficient (Wildman–Crippen LogP) is 1.14. The van der Waals surface area contributed by atoms with Crippen LogP contribution in [0.15, 0.2) is 23.3 Å². The van der Waals surface area contributed by atoms with Gasteiger partial charge in [-0.3, -0.25) is 10.1 Å². The van der Waals surface area contributed by atoms with Gasteiger partial charge in [0.2, 0.25) is 5.95 Å². The van der Waals surface area contributed by atoms with Crippen molar-refractivity contribution in [1.29, 1.82) is 0 Å². The number of methoxy groups -OCH3 is 1. The molecule has 0 unspecified atom stereocenters. The van der Waals surface area contributed by atoms with Crippen molar-refractivity contribution in [1.82, 2.24) is 15.0 Å². The molecule has 1 fully saturated rings. The van der Waals surface area contributed by atoms with E-state index in [1.165, 1.54) is 19.4 Å². The molecule has 0 bridgehead atoms. The van der Waals surface area contributed by atoms with Crippen molar-refractivity contribution in [2.45, 2.75) is 0 Å². The minimum atomic E-state index is -0.425. The van der Waals surface area contributed by atoms with E-state index in [2.05, 4.69) is 25.5 Å². The van der Waals surface area contributed by atoms with Gasteiger partial charge in [0.25, 0.3) is 11.6 Å². The summed E-state index contributed by atoms with van der Waals surface area (Å²) < 4.78 is 10.5. The first-order valence-electron chi connectivity index (χ1n) is 8.85. The average Bonchev–Trinajstić information content (AvgIpc) is 2.73. The largest absolute Gasteiger partial charge is 0.467 e. The highest BCUT2D eigenvalue weighted by Crippen LogP contribution is 2.27. The van der Waals surface area contributed by atoms with Gasteiger partial charge in [0.15, 0.2) is 0 Å². The zero-order chi connectivity index (χ0) is 20.8. The lowest BCUT2D eigenvalue weighted by Crippen LogP contribution is -2.37. The van der Waals surface area contributed by atoms with Crippen molar-refractivity contribution in [3.05, 3.63) is 33.9 Å². The average molecular weight is 402 g/mol. The fourth-order valence-electron chi connectivity index (χ4n) is 2.70. The van der Waals surface area contributed by atoms with E-state index in [4.69, 9.17) is 9.47 Å². The molecule has 0 saturated carbocycles. The topological polar surface area (TPSA) is 131 Å². The standard InChI is InChI=1S/C17H22N8O4/c1-23(2)13-5-4-12(10-14(13)25(26)27)11-18-22-15-19-16(21-17(20-15)28-3)24-6-8-29-9-7-24/h4-5,10-11H,6-9H2,1-3H3,(H,19,20,21,22)/b18-11+. The van der Waals surface area contributed by atoms with Crippen molar-refractivity contribution in [3.8, 4) is 6.01 Å². The molecule has 1 aromatic carbocycles. The molecule has 1 aliphatic rings. The highest BCUT2D eigenvalue weighted by molar-refractivity contribution is 5.83. The third-order valence-corrected chi connectivity index (χ3v) is 4.14. The van der Waals surface area contributed by atoms with Crippen LogP contribution in [-0.2, 0) is 4.74 Å². The molecule has 1 aliphatic heterocycles. The quantitative estimate of drug-likeness (QED) is 0.408. The van der Waals surface area contributed by atoms with Crippen molar-refractivity contribution >= 4 is 29.5 Å². The van der Waals surface area contributed by atoms with Gasteiger partial charge < -0.3 is 19.3 Å². The number of nitrogens with zero attached hydrogens (tertiary/aromatic N) is 7. The van der Waals surface area contributed by atoms with Gasteiger partial charge in [0.05, 0.1) is 31.5 Å². The number of nitrogens with one attached hydrogen (secondary N) is 1. The molecule has 1 saturated heterocycles. The molecular formula is C17H22N8O4. The van der Waals surface area contributed by atoms with E-state index in [9.17, 15) is 10.1 Å². The summed E-state index contributed by atoms with van der Waals surface area (Å²) in [5.41, 5.74) is 3.79. The van der Waals surface area contributed by atoms with Crippen LogP contribution < -0.4 is 20.0 Å². The van der Waals surface area contributed by atoms with Gasteiger partial charge in [-0.1, -0.05) is 6.07 Å². The van der Waals surface area contributed by atoms with Gasteiger partial charge in [-0.15, -0.1) is 0 Å². The number of anilines is 3. The minimum Gasteiger partial charge on any atom is -0.467 e. The summed E-state index contributed by atoms with van der Waals surface area (Å²) in [6.45, 7) is 2.52. The molecule has 3 rings (SSSR count). The Morgan fingerprint density at radius 3 is 2.72 bits per heavy atom. The third kappa shape index (κ3) is 5.04. The monoisotopic (exact) mass is 402 g/mol. The molecule has 1 N–H and O–H groups in total. The normalized spacial score (nSPS) is 14.1. The molecule has 2 heterocycles. The van der Waals surface area contributed by atoms with E-state index < -0.39 is 4.92 Å². The minimum absolute atomic E-state index is 0.00427. The molecule has 0 aliphatic carbocycles. The Kier molecular flexibility index (Phi) is 6.34. The maximum Gasteiger partial charge on any atom is 0.322 e. The molecule has 0 atom stereocenters. The van der Waals surface area contributed by atoms with E-state index in [0.717, 1.165) is 0 Å². The van der Waals surface area contributed by atoms with Gasteiger partial charge in [-0.2, -0.15) is 20.1 Å². The van der Waals surface area contributed by atoms with Gasteiger partial charge >= 0.3 is 6.01 Å². The zero-order valence-corrected chi connectivity index (χ0v) is 16.4. The summed E-state index contributed by atoms with van der Waals surface area (Å²) in [4.78, 5) is 27.2. The number of morpholine rings is 1. The number of ether oxygens (including phenoxy) is 2. The van der Waals surface area contributed by atoms with Gasteiger partial charge in [0, 0.05) is 38.8 Å². The fourth-order valence-corrected chi connectivity index (χ4v) is 2.70. The summed E-state index contributed by atoms with van der Waals surface area (Å²) in [6, 6.07) is 5.02. The lowest BCUT2D eigenvalue weighted by atomic mass is 10.2. The Morgan fingerprint density at radius 1 is 1.31 bits per heavy atom. The highest BCUT2D eigenvalue weighted by Gasteiger charge is 2.17. The number of nitro groups is 1. The second-order valence-electron chi connectivity index (χ2n) is 6.31. The fraction of sp³-hybridized carbons (Fsp3) is 0.412. The van der Waals surface area contributed by atoms with Crippen LogP contribution in [-0.4, -0.2) is 73.6 Å². The van der Waals surface area contributed by atoms with Crippen molar-refractivity contribution in [2.24, 2.45) is 5.10 Å². The van der Waals surface area contributed by atoms with Crippen LogP contribution in [0.3, 0.4) is 0 Å². The van der Waals surface area contributed by atoms with Gasteiger partial charge in [-0.05, 0) is 6.07 Å². The molecule has 154 valence electrons. The Labute approximate surface area is 167 Å². The molecule has 0 amide bonds. The molecule has 12 nitrogen and oxygen atoms in total. The molecule has 2 aromatic rings. The number of benzene rings is 1. The number of hydrogen-bond acceptors (Lipinski definition) is 11. The second-order valence-corrected chi connectivity index (χ2v) is 6.31. The van der Waals surface area contributed by atoms with Crippen LogP contribution in [0.25, 0.3) is 0 Å². The maximum atomic E-state index is 11.3. The number of nitro benzene ring substituents is 1. The molecule has 12 heteroatoms. The number of rotatable bonds is 7. The second kappa shape index (κ2) is 9.10. The first kappa shape index (κ1) is 20.2. The Bertz CT molecular complexity index is 899. The predicted molar refractivity (Wildman–Crippen MR) is 108 cm³/mol. The number of aromatic nitrogens is 3. The molecular weight excluding hydrogens is 380 g/mol. The Hall–Kier alpha value is -3.54. The van der Waals surface area contributed by atoms with Crippen LogP contribution in [0.5, 0.6) is 6.01 Å². The van der Waals surface area contributed by atoms with Crippen LogP contribution in [0.2, 0.25) is 0 Å².